The molecule has 0 radical (unpaired) electrons. The van der Waals surface area contributed by atoms with Crippen LogP contribution in [0.25, 0.3) is 6.08 Å². The van der Waals surface area contributed by atoms with Crippen LogP contribution in [0.5, 0.6) is 0 Å². The number of aryl methyl sites for hydroxylation is 1. The van der Waals surface area contributed by atoms with E-state index in [1.54, 1.807) is 10.8 Å². The highest BCUT2D eigenvalue weighted by atomic mass is 35.5. The predicted molar refractivity (Wildman–Crippen MR) is 121 cm³/mol. The van der Waals surface area contributed by atoms with E-state index in [4.69, 9.17) is 27.9 Å². The Bertz CT molecular complexity index is 901. The number of benzene rings is 1. The normalized spacial score (nSPS) is 15.6. The van der Waals surface area contributed by atoms with Crippen molar-refractivity contribution in [3.05, 3.63) is 57.3 Å². The molecule has 6 nitrogen and oxygen atoms in total. The molecule has 8 heteroatoms. The van der Waals surface area contributed by atoms with Crippen molar-refractivity contribution in [3.63, 3.8) is 0 Å². The minimum Gasteiger partial charge on any atom is -0.379 e. The van der Waals surface area contributed by atoms with Crippen molar-refractivity contribution in [2.45, 2.75) is 32.9 Å². The number of nitrogens with one attached hydrogen (secondary N) is 1. The molecule has 162 valence electrons. The van der Waals surface area contributed by atoms with Crippen LogP contribution in [0.3, 0.4) is 0 Å². The molecule has 0 atom stereocenters. The molecule has 0 unspecified atom stereocenters. The zero-order valence-electron chi connectivity index (χ0n) is 17.6. The second kappa shape index (κ2) is 9.96. The molecule has 1 aromatic carbocycles. The number of morpholine rings is 1. The number of halogens is 2. The summed E-state index contributed by atoms with van der Waals surface area (Å²) >= 11 is 12.5. The van der Waals surface area contributed by atoms with E-state index >= 15 is 0 Å². The Kier molecular flexibility index (Phi) is 7.58. The van der Waals surface area contributed by atoms with Gasteiger partial charge in [-0.2, -0.15) is 5.10 Å². The van der Waals surface area contributed by atoms with Crippen LogP contribution < -0.4 is 5.32 Å². The molecule has 0 saturated carbocycles. The van der Waals surface area contributed by atoms with Crippen LogP contribution in [0.15, 0.2) is 30.3 Å². The van der Waals surface area contributed by atoms with Crippen LogP contribution in [0, 0.1) is 6.92 Å². The zero-order chi connectivity index (χ0) is 21.7. The molecule has 1 N–H and O–H groups in total. The van der Waals surface area contributed by atoms with Gasteiger partial charge in [-0.25, -0.2) is 4.68 Å². The number of carbonyl (C=O) groups excluding carboxylic acids is 1. The maximum atomic E-state index is 12.4. The van der Waals surface area contributed by atoms with Gasteiger partial charge >= 0.3 is 0 Å². The van der Waals surface area contributed by atoms with Gasteiger partial charge in [-0.05, 0) is 44.5 Å². The summed E-state index contributed by atoms with van der Waals surface area (Å²) in [7, 11) is 0. The molecule has 2 aromatic rings. The topological polar surface area (TPSA) is 59.4 Å². The summed E-state index contributed by atoms with van der Waals surface area (Å²) in [6, 6.07) is 7.55. The van der Waals surface area contributed by atoms with E-state index in [9.17, 15) is 4.79 Å². The Labute approximate surface area is 187 Å². The molecular weight excluding hydrogens is 423 g/mol. The van der Waals surface area contributed by atoms with Gasteiger partial charge in [-0.15, -0.1) is 0 Å². The fourth-order valence-corrected chi connectivity index (χ4v) is 3.85. The maximum Gasteiger partial charge on any atom is 0.244 e. The van der Waals surface area contributed by atoms with Crippen LogP contribution in [-0.2, 0) is 16.1 Å². The van der Waals surface area contributed by atoms with E-state index < -0.39 is 0 Å². The van der Waals surface area contributed by atoms with Crippen LogP contribution in [0.2, 0.25) is 10.2 Å². The van der Waals surface area contributed by atoms with E-state index in [0.29, 0.717) is 23.3 Å². The molecule has 1 aliphatic rings. The largest absolute Gasteiger partial charge is 0.379 e. The van der Waals surface area contributed by atoms with Crippen molar-refractivity contribution in [1.29, 1.82) is 0 Å². The molecular formula is C22H28Cl2N4O2. The van der Waals surface area contributed by atoms with Gasteiger partial charge < -0.3 is 10.1 Å². The summed E-state index contributed by atoms with van der Waals surface area (Å²) < 4.78 is 7.13. The van der Waals surface area contributed by atoms with Gasteiger partial charge in [0.15, 0.2) is 0 Å². The highest BCUT2D eigenvalue weighted by Gasteiger charge is 2.28. The first kappa shape index (κ1) is 22.8. The molecule has 1 saturated heterocycles. The quantitative estimate of drug-likeness (QED) is 0.651. The summed E-state index contributed by atoms with van der Waals surface area (Å²) in [4.78, 5) is 14.7. The lowest BCUT2D eigenvalue weighted by Crippen LogP contribution is -2.55. The Hall–Kier alpha value is -1.86. The minimum absolute atomic E-state index is 0.135. The fourth-order valence-electron chi connectivity index (χ4n) is 3.43. The number of rotatable bonds is 7. The third-order valence-electron chi connectivity index (χ3n) is 5.32. The Morgan fingerprint density at radius 2 is 1.90 bits per heavy atom. The first-order valence-electron chi connectivity index (χ1n) is 10.0. The van der Waals surface area contributed by atoms with E-state index in [0.717, 1.165) is 43.1 Å². The number of ether oxygens (including phenoxy) is 1. The van der Waals surface area contributed by atoms with Crippen molar-refractivity contribution in [2.24, 2.45) is 0 Å². The lowest BCUT2D eigenvalue weighted by molar-refractivity contribution is -0.117. The van der Waals surface area contributed by atoms with Crippen molar-refractivity contribution in [3.8, 4) is 0 Å². The Morgan fingerprint density at radius 3 is 2.57 bits per heavy atom. The third kappa shape index (κ3) is 5.85. The molecule has 1 fully saturated rings. The van der Waals surface area contributed by atoms with Gasteiger partial charge in [0.1, 0.15) is 5.15 Å². The van der Waals surface area contributed by atoms with Crippen molar-refractivity contribution in [2.75, 3.05) is 32.8 Å². The highest BCUT2D eigenvalue weighted by molar-refractivity contribution is 6.31. The van der Waals surface area contributed by atoms with E-state index in [-0.39, 0.29) is 11.4 Å². The zero-order valence-corrected chi connectivity index (χ0v) is 19.1. The van der Waals surface area contributed by atoms with Crippen molar-refractivity contribution >= 4 is 35.2 Å². The number of carbonyl (C=O) groups is 1. The van der Waals surface area contributed by atoms with Gasteiger partial charge in [0.25, 0.3) is 0 Å². The first-order chi connectivity index (χ1) is 14.3. The highest BCUT2D eigenvalue weighted by Crippen LogP contribution is 2.23. The fraction of sp³-hybridized carbons (Fsp3) is 0.455. The van der Waals surface area contributed by atoms with Gasteiger partial charge in [-0.1, -0.05) is 35.3 Å². The van der Waals surface area contributed by atoms with Crippen LogP contribution >= 0.6 is 23.2 Å². The molecule has 0 aliphatic carbocycles. The number of nitrogens with zero attached hydrogens (tertiary/aromatic N) is 3. The summed E-state index contributed by atoms with van der Waals surface area (Å²) in [6.07, 6.45) is 3.23. The molecule has 2 heterocycles. The average Bonchev–Trinajstić information content (AvgIpc) is 3.00. The molecule has 30 heavy (non-hydrogen) atoms. The standard InChI is InChI=1S/C22H28Cl2N4O2/c1-16-19(21(24)28(26-16)14-17-4-6-18(23)7-5-17)8-9-20(29)25-15-22(2,3)27-10-12-30-13-11-27/h4-9H,10-15H2,1-3H3,(H,25,29)/b9-8+. The van der Waals surface area contributed by atoms with Crippen LogP contribution in [0.1, 0.15) is 30.7 Å². The smallest absolute Gasteiger partial charge is 0.244 e. The molecule has 1 aliphatic heterocycles. The summed E-state index contributed by atoms with van der Waals surface area (Å²) in [5.41, 5.74) is 2.42. The van der Waals surface area contributed by atoms with Gasteiger partial charge in [0.05, 0.1) is 25.5 Å². The number of hydrogen-bond acceptors (Lipinski definition) is 4. The lowest BCUT2D eigenvalue weighted by Gasteiger charge is -2.40. The van der Waals surface area contributed by atoms with Crippen molar-refractivity contribution in [1.82, 2.24) is 20.0 Å². The molecule has 3 rings (SSSR count). The second-order valence-electron chi connectivity index (χ2n) is 8.04. The molecule has 1 amide bonds. The SMILES string of the molecule is Cc1nn(Cc2ccc(Cl)cc2)c(Cl)c1/C=C/C(=O)NCC(C)(C)N1CCOCC1. The number of amides is 1. The lowest BCUT2D eigenvalue weighted by atomic mass is 10.0. The maximum absolute atomic E-state index is 12.4. The second-order valence-corrected chi connectivity index (χ2v) is 8.83. The molecule has 0 spiro atoms. The van der Waals surface area contributed by atoms with Gasteiger partial charge in [0.2, 0.25) is 5.91 Å². The van der Waals surface area contributed by atoms with Crippen molar-refractivity contribution < 1.29 is 9.53 Å². The van der Waals surface area contributed by atoms with E-state index in [2.05, 4.69) is 29.2 Å². The predicted octanol–water partition coefficient (Wildman–Crippen LogP) is 3.79. The monoisotopic (exact) mass is 450 g/mol. The molecule has 1 aromatic heterocycles. The summed E-state index contributed by atoms with van der Waals surface area (Å²) in [6.45, 7) is 10.4. The first-order valence-corrected chi connectivity index (χ1v) is 10.8. The number of aromatic nitrogens is 2. The Morgan fingerprint density at radius 1 is 1.23 bits per heavy atom. The van der Waals surface area contributed by atoms with Gasteiger partial charge in [-0.3, -0.25) is 9.69 Å². The van der Waals surface area contributed by atoms with Gasteiger partial charge in [0, 0.05) is 41.8 Å². The summed E-state index contributed by atoms with van der Waals surface area (Å²) in [5.74, 6) is -0.155. The van der Waals surface area contributed by atoms with Crippen LogP contribution in [0.4, 0.5) is 0 Å². The third-order valence-corrected chi connectivity index (χ3v) is 5.97. The minimum atomic E-state index is -0.155. The average molecular weight is 451 g/mol. The summed E-state index contributed by atoms with van der Waals surface area (Å²) in [5, 5.41) is 8.68. The van der Waals surface area contributed by atoms with E-state index in [1.165, 1.54) is 6.08 Å². The van der Waals surface area contributed by atoms with E-state index in [1.807, 2.05) is 31.2 Å². The van der Waals surface area contributed by atoms with Crippen LogP contribution in [-0.4, -0.2) is 59.0 Å². The Balaban J connectivity index is 1.60. The molecule has 0 bridgehead atoms. The number of hydrogen-bond donors (Lipinski definition) is 1.